The van der Waals surface area contributed by atoms with Gasteiger partial charge in [0.25, 0.3) is 0 Å². The third kappa shape index (κ3) is 2.96. The van der Waals surface area contributed by atoms with Gasteiger partial charge in [0.05, 0.1) is 4.47 Å². The largest absolute Gasteiger partial charge is 0.456 e. The summed E-state index contributed by atoms with van der Waals surface area (Å²) in [6, 6.07) is 12.2. The van der Waals surface area contributed by atoms with Gasteiger partial charge in [0.15, 0.2) is 0 Å². The predicted octanol–water partition coefficient (Wildman–Crippen LogP) is 5.75. The molecule has 94 valence electrons. The fourth-order valence-corrected chi connectivity index (χ4v) is 2.52. The second-order valence-electron chi connectivity index (χ2n) is 4.20. The van der Waals surface area contributed by atoms with Gasteiger partial charge in [-0.05, 0) is 64.7 Å². The van der Waals surface area contributed by atoms with E-state index in [1.165, 1.54) is 16.7 Å². The van der Waals surface area contributed by atoms with Crippen LogP contribution in [0.3, 0.4) is 0 Å². The molecule has 18 heavy (non-hydrogen) atoms. The van der Waals surface area contributed by atoms with E-state index in [4.69, 9.17) is 4.74 Å². The zero-order valence-electron chi connectivity index (χ0n) is 10.3. The average molecular weight is 370 g/mol. The van der Waals surface area contributed by atoms with Crippen LogP contribution >= 0.6 is 31.9 Å². The van der Waals surface area contributed by atoms with Crippen LogP contribution in [0.2, 0.25) is 0 Å². The molecule has 0 spiro atoms. The van der Waals surface area contributed by atoms with Gasteiger partial charge in [-0.2, -0.15) is 0 Å². The Hall–Kier alpha value is -0.800. The molecule has 0 aliphatic carbocycles. The number of halogens is 2. The second-order valence-corrected chi connectivity index (χ2v) is 5.61. The van der Waals surface area contributed by atoms with Crippen LogP contribution in [0.5, 0.6) is 11.5 Å². The summed E-state index contributed by atoms with van der Waals surface area (Å²) < 4.78 is 6.93. The minimum Gasteiger partial charge on any atom is -0.456 e. The molecule has 0 bridgehead atoms. The molecule has 0 heterocycles. The molecule has 0 saturated carbocycles. The van der Waals surface area contributed by atoms with Crippen LogP contribution < -0.4 is 4.74 Å². The lowest BCUT2D eigenvalue weighted by Crippen LogP contribution is -1.91. The molecule has 0 radical (unpaired) electrons. The molecule has 1 nitrogen and oxygen atoms in total. The number of ether oxygens (including phenoxy) is 1. The summed E-state index contributed by atoms with van der Waals surface area (Å²) in [6.07, 6.45) is 0. The lowest BCUT2D eigenvalue weighted by atomic mass is 10.1. The van der Waals surface area contributed by atoms with Crippen molar-refractivity contribution >= 4 is 31.9 Å². The van der Waals surface area contributed by atoms with Crippen LogP contribution in [-0.2, 0) is 5.33 Å². The van der Waals surface area contributed by atoms with Gasteiger partial charge in [-0.15, -0.1) is 0 Å². The molecular formula is C15H14Br2O. The zero-order valence-corrected chi connectivity index (χ0v) is 13.5. The van der Waals surface area contributed by atoms with Gasteiger partial charge >= 0.3 is 0 Å². The smallest absolute Gasteiger partial charge is 0.141 e. The molecule has 0 fully saturated rings. The molecule has 0 amide bonds. The first-order valence-corrected chi connectivity index (χ1v) is 7.61. The molecule has 2 rings (SSSR count). The summed E-state index contributed by atoms with van der Waals surface area (Å²) in [5, 5.41) is 0.843. The third-order valence-corrected chi connectivity index (χ3v) is 4.19. The van der Waals surface area contributed by atoms with Crippen molar-refractivity contribution in [3.8, 4) is 11.5 Å². The van der Waals surface area contributed by atoms with Gasteiger partial charge in [-0.3, -0.25) is 0 Å². The Kier molecular flexibility index (Phi) is 4.46. The number of hydrogen-bond donors (Lipinski definition) is 0. The maximum Gasteiger partial charge on any atom is 0.141 e. The molecule has 2 aromatic rings. The van der Waals surface area contributed by atoms with E-state index in [9.17, 15) is 0 Å². The lowest BCUT2D eigenvalue weighted by molar-refractivity contribution is 0.475. The van der Waals surface area contributed by atoms with E-state index < -0.39 is 0 Å². The summed E-state index contributed by atoms with van der Waals surface area (Å²) >= 11 is 6.99. The Bertz CT molecular complexity index is 564. The molecule has 2 aromatic carbocycles. The Morgan fingerprint density at radius 1 is 1.06 bits per heavy atom. The Morgan fingerprint density at radius 2 is 1.83 bits per heavy atom. The van der Waals surface area contributed by atoms with Crippen molar-refractivity contribution in [2.45, 2.75) is 19.2 Å². The molecule has 0 saturated heterocycles. The normalized spacial score (nSPS) is 10.4. The van der Waals surface area contributed by atoms with E-state index in [0.29, 0.717) is 0 Å². The van der Waals surface area contributed by atoms with Crippen molar-refractivity contribution in [2.75, 3.05) is 0 Å². The van der Waals surface area contributed by atoms with Gasteiger partial charge in [0, 0.05) is 5.33 Å². The van der Waals surface area contributed by atoms with E-state index in [-0.39, 0.29) is 0 Å². The molecule has 0 N–H and O–H groups in total. The topological polar surface area (TPSA) is 9.23 Å². The maximum atomic E-state index is 5.96. The fourth-order valence-electron chi connectivity index (χ4n) is 1.66. The van der Waals surface area contributed by atoms with Crippen LogP contribution in [0.15, 0.2) is 40.9 Å². The Balaban J connectivity index is 2.31. The lowest BCUT2D eigenvalue weighted by Gasteiger charge is -2.12. The molecule has 0 aromatic heterocycles. The average Bonchev–Trinajstić information content (AvgIpc) is 2.37. The van der Waals surface area contributed by atoms with Crippen molar-refractivity contribution < 1.29 is 4.74 Å². The highest BCUT2D eigenvalue weighted by atomic mass is 79.9. The van der Waals surface area contributed by atoms with Crippen molar-refractivity contribution in [2.24, 2.45) is 0 Å². The van der Waals surface area contributed by atoms with Crippen LogP contribution in [-0.4, -0.2) is 0 Å². The van der Waals surface area contributed by atoms with Gasteiger partial charge in [-0.25, -0.2) is 0 Å². The summed E-state index contributed by atoms with van der Waals surface area (Å²) in [5.74, 6) is 1.75. The van der Waals surface area contributed by atoms with Crippen LogP contribution in [0.4, 0.5) is 0 Å². The number of alkyl halides is 1. The van der Waals surface area contributed by atoms with Crippen molar-refractivity contribution in [3.63, 3.8) is 0 Å². The number of benzene rings is 2. The summed E-state index contributed by atoms with van der Waals surface area (Å²) in [5.41, 5.74) is 3.63. The molecule has 0 atom stereocenters. The number of aryl methyl sites for hydroxylation is 1. The van der Waals surface area contributed by atoms with E-state index in [1.54, 1.807) is 0 Å². The van der Waals surface area contributed by atoms with Crippen LogP contribution in [0.1, 0.15) is 16.7 Å². The highest BCUT2D eigenvalue weighted by Gasteiger charge is 2.07. The minimum atomic E-state index is 0.841. The number of rotatable bonds is 3. The summed E-state index contributed by atoms with van der Waals surface area (Å²) in [4.78, 5) is 0. The molecular weight excluding hydrogens is 356 g/mol. The van der Waals surface area contributed by atoms with Crippen molar-refractivity contribution in [1.82, 2.24) is 0 Å². The van der Waals surface area contributed by atoms with Crippen molar-refractivity contribution in [1.29, 1.82) is 0 Å². The van der Waals surface area contributed by atoms with E-state index in [0.717, 1.165) is 21.3 Å². The quantitative estimate of drug-likeness (QED) is 0.625. The number of hydrogen-bond acceptors (Lipinski definition) is 1. The fraction of sp³-hybridized carbons (Fsp3) is 0.200. The first-order chi connectivity index (χ1) is 8.61. The monoisotopic (exact) mass is 368 g/mol. The SMILES string of the molecule is Cc1cccc(Oc2ccc(CBr)cc2Br)c1C. The highest BCUT2D eigenvalue weighted by Crippen LogP contribution is 2.33. The molecule has 0 unspecified atom stereocenters. The van der Waals surface area contributed by atoms with Crippen molar-refractivity contribution in [3.05, 3.63) is 57.6 Å². The predicted molar refractivity (Wildman–Crippen MR) is 82.8 cm³/mol. The molecule has 0 aliphatic rings. The summed E-state index contributed by atoms with van der Waals surface area (Å²) in [7, 11) is 0. The summed E-state index contributed by atoms with van der Waals surface area (Å²) in [6.45, 7) is 4.16. The minimum absolute atomic E-state index is 0.841. The molecule has 0 aliphatic heterocycles. The maximum absolute atomic E-state index is 5.96. The first kappa shape index (κ1) is 13.6. The second kappa shape index (κ2) is 5.89. The van der Waals surface area contributed by atoms with Gasteiger partial charge in [0.1, 0.15) is 11.5 Å². The zero-order chi connectivity index (χ0) is 13.1. The standard InChI is InChI=1S/C15H14Br2O/c1-10-4-3-5-14(11(10)2)18-15-7-6-12(9-16)8-13(15)17/h3-8H,9H2,1-2H3. The Labute approximate surface area is 124 Å². The van der Waals surface area contributed by atoms with Crippen LogP contribution in [0.25, 0.3) is 0 Å². The van der Waals surface area contributed by atoms with Gasteiger partial charge < -0.3 is 4.74 Å². The van der Waals surface area contributed by atoms with E-state index >= 15 is 0 Å². The third-order valence-electron chi connectivity index (χ3n) is 2.93. The highest BCUT2D eigenvalue weighted by molar-refractivity contribution is 9.10. The van der Waals surface area contributed by atoms with E-state index in [1.807, 2.05) is 18.2 Å². The van der Waals surface area contributed by atoms with E-state index in [2.05, 4.69) is 63.9 Å². The first-order valence-electron chi connectivity index (χ1n) is 5.70. The molecule has 3 heteroatoms. The van der Waals surface area contributed by atoms with Gasteiger partial charge in [0.2, 0.25) is 0 Å². The Morgan fingerprint density at radius 3 is 2.50 bits per heavy atom. The van der Waals surface area contributed by atoms with Gasteiger partial charge in [-0.1, -0.05) is 34.1 Å². The van der Waals surface area contributed by atoms with Crippen LogP contribution in [0, 0.1) is 13.8 Å².